The maximum atomic E-state index is 12.5. The van der Waals surface area contributed by atoms with Crippen LogP contribution >= 0.6 is 0 Å². The monoisotopic (exact) mass is 443 g/mol. The molecule has 0 aliphatic carbocycles. The number of carbonyl (C=O) groups is 1. The number of benzene rings is 3. The summed E-state index contributed by atoms with van der Waals surface area (Å²) in [7, 11) is 1.59. The van der Waals surface area contributed by atoms with E-state index in [9.17, 15) is 4.79 Å². The van der Waals surface area contributed by atoms with Gasteiger partial charge in [0, 0.05) is 25.1 Å². The maximum Gasteiger partial charge on any atom is 0.251 e. The lowest BCUT2D eigenvalue weighted by Gasteiger charge is -2.11. The number of nitrogens with zero attached hydrogens (tertiary/aromatic N) is 2. The van der Waals surface area contributed by atoms with Gasteiger partial charge in [-0.3, -0.25) is 4.79 Å². The van der Waals surface area contributed by atoms with E-state index in [-0.39, 0.29) is 5.91 Å². The highest BCUT2D eigenvalue weighted by molar-refractivity contribution is 5.94. The molecule has 0 fully saturated rings. The summed E-state index contributed by atoms with van der Waals surface area (Å²) in [5.41, 5.74) is 3.86. The van der Waals surface area contributed by atoms with Crippen LogP contribution < -0.4 is 14.8 Å². The minimum Gasteiger partial charge on any atom is -0.497 e. The van der Waals surface area contributed by atoms with E-state index in [1.54, 1.807) is 19.2 Å². The molecule has 1 aromatic heterocycles. The van der Waals surface area contributed by atoms with E-state index < -0.39 is 0 Å². The van der Waals surface area contributed by atoms with Crippen molar-refractivity contribution in [3.05, 3.63) is 89.7 Å². The smallest absolute Gasteiger partial charge is 0.251 e. The van der Waals surface area contributed by atoms with Crippen molar-refractivity contribution in [3.8, 4) is 11.5 Å². The zero-order valence-corrected chi connectivity index (χ0v) is 19.1. The van der Waals surface area contributed by atoms with Crippen molar-refractivity contribution in [3.63, 3.8) is 0 Å². The number of imidazole rings is 1. The van der Waals surface area contributed by atoms with Crippen molar-refractivity contribution in [2.75, 3.05) is 20.3 Å². The lowest BCUT2D eigenvalue weighted by molar-refractivity contribution is 0.0953. The summed E-state index contributed by atoms with van der Waals surface area (Å²) in [6.07, 6.45) is 1.50. The van der Waals surface area contributed by atoms with E-state index in [2.05, 4.69) is 35.0 Å². The molecule has 1 amide bonds. The Bertz CT molecular complexity index is 1220. The van der Waals surface area contributed by atoms with Gasteiger partial charge >= 0.3 is 0 Å². The molecule has 0 spiro atoms. The van der Waals surface area contributed by atoms with Crippen LogP contribution in [-0.4, -0.2) is 35.7 Å². The molecule has 0 unspecified atom stereocenters. The topological polar surface area (TPSA) is 65.4 Å². The number of carbonyl (C=O) groups excluding carboxylic acids is 1. The molecule has 3 aromatic carbocycles. The number of amides is 1. The predicted molar refractivity (Wildman–Crippen MR) is 130 cm³/mol. The number of ether oxygens (including phenoxy) is 2. The van der Waals surface area contributed by atoms with Crippen molar-refractivity contribution in [2.24, 2.45) is 0 Å². The molecule has 4 aromatic rings. The van der Waals surface area contributed by atoms with Crippen LogP contribution in [0.25, 0.3) is 11.0 Å². The number of aromatic nitrogens is 2. The Kier molecular flexibility index (Phi) is 7.25. The van der Waals surface area contributed by atoms with E-state index in [4.69, 9.17) is 14.5 Å². The first kappa shape index (κ1) is 22.4. The van der Waals surface area contributed by atoms with Crippen LogP contribution in [0.15, 0.2) is 72.8 Å². The second-order valence-corrected chi connectivity index (χ2v) is 7.92. The summed E-state index contributed by atoms with van der Waals surface area (Å²) in [6.45, 7) is 3.99. The Hall–Kier alpha value is -3.80. The SMILES string of the molecule is COc1cccc(C(=O)NCCc2nc3ccccc3n2CCCOc2ccc(C)cc2)c1. The lowest BCUT2D eigenvalue weighted by Crippen LogP contribution is -2.26. The molecule has 0 atom stereocenters. The third kappa shape index (κ3) is 5.71. The Labute approximate surface area is 194 Å². The number of hydrogen-bond donors (Lipinski definition) is 1. The van der Waals surface area contributed by atoms with E-state index in [0.717, 1.165) is 35.6 Å². The Morgan fingerprint density at radius 1 is 1.00 bits per heavy atom. The fourth-order valence-electron chi connectivity index (χ4n) is 3.77. The molecule has 170 valence electrons. The maximum absolute atomic E-state index is 12.5. The second-order valence-electron chi connectivity index (χ2n) is 7.92. The van der Waals surface area contributed by atoms with Crippen LogP contribution in [0.5, 0.6) is 11.5 Å². The van der Waals surface area contributed by atoms with Crippen molar-refractivity contribution >= 4 is 16.9 Å². The number of aryl methyl sites for hydroxylation is 2. The molecule has 6 heteroatoms. The average molecular weight is 444 g/mol. The van der Waals surface area contributed by atoms with E-state index in [0.29, 0.717) is 30.9 Å². The summed E-state index contributed by atoms with van der Waals surface area (Å²) in [5, 5.41) is 2.99. The number of fused-ring (bicyclic) bond motifs is 1. The van der Waals surface area contributed by atoms with Crippen molar-refractivity contribution in [1.82, 2.24) is 14.9 Å². The molecule has 6 nitrogen and oxygen atoms in total. The summed E-state index contributed by atoms with van der Waals surface area (Å²) in [6, 6.07) is 23.4. The van der Waals surface area contributed by atoms with Gasteiger partial charge in [0.25, 0.3) is 5.91 Å². The molecule has 0 aliphatic rings. The fraction of sp³-hybridized carbons (Fsp3) is 0.259. The van der Waals surface area contributed by atoms with Gasteiger partial charge in [-0.05, 0) is 55.8 Å². The number of hydrogen-bond acceptors (Lipinski definition) is 4. The third-order valence-corrected chi connectivity index (χ3v) is 5.52. The van der Waals surface area contributed by atoms with Crippen LogP contribution in [-0.2, 0) is 13.0 Å². The quantitative estimate of drug-likeness (QED) is 0.358. The molecule has 0 saturated carbocycles. The summed E-state index contributed by atoms with van der Waals surface area (Å²) in [4.78, 5) is 17.3. The average Bonchev–Trinajstić information content (AvgIpc) is 3.20. The molecule has 0 aliphatic heterocycles. The van der Waals surface area contributed by atoms with Gasteiger partial charge in [0.05, 0.1) is 24.8 Å². The number of nitrogens with one attached hydrogen (secondary N) is 1. The zero-order valence-electron chi connectivity index (χ0n) is 19.1. The van der Waals surface area contributed by atoms with Gasteiger partial charge in [-0.2, -0.15) is 0 Å². The van der Waals surface area contributed by atoms with E-state index >= 15 is 0 Å². The van der Waals surface area contributed by atoms with E-state index in [1.807, 2.05) is 42.5 Å². The van der Waals surface area contributed by atoms with Crippen LogP contribution in [0.2, 0.25) is 0 Å². The summed E-state index contributed by atoms with van der Waals surface area (Å²) in [5.74, 6) is 2.38. The number of methoxy groups -OCH3 is 1. The number of rotatable bonds is 10. The molecule has 0 radical (unpaired) electrons. The molecule has 0 saturated heterocycles. The second kappa shape index (κ2) is 10.7. The van der Waals surface area contributed by atoms with Gasteiger partial charge in [0.1, 0.15) is 17.3 Å². The minimum atomic E-state index is -0.122. The van der Waals surface area contributed by atoms with Gasteiger partial charge in [-0.15, -0.1) is 0 Å². The molecule has 1 heterocycles. The molecule has 33 heavy (non-hydrogen) atoms. The van der Waals surface area contributed by atoms with Crippen LogP contribution in [0.4, 0.5) is 0 Å². The third-order valence-electron chi connectivity index (χ3n) is 5.52. The van der Waals surface area contributed by atoms with Gasteiger partial charge in [0.15, 0.2) is 0 Å². The normalized spacial score (nSPS) is 10.8. The van der Waals surface area contributed by atoms with Crippen LogP contribution in [0, 0.1) is 6.92 Å². The molecular formula is C27H29N3O3. The standard InChI is InChI=1S/C27H29N3O3/c1-20-11-13-22(14-12-20)33-18-6-17-30-25-10-4-3-9-24(25)29-26(30)15-16-28-27(31)21-7-5-8-23(19-21)32-2/h3-5,7-14,19H,6,15-18H2,1-2H3,(H,28,31). The Balaban J connectivity index is 1.37. The summed E-state index contributed by atoms with van der Waals surface area (Å²) < 4.78 is 13.3. The Morgan fingerprint density at radius 3 is 2.64 bits per heavy atom. The van der Waals surface area contributed by atoms with E-state index in [1.165, 1.54) is 5.56 Å². The zero-order chi connectivity index (χ0) is 23.0. The van der Waals surface area contributed by atoms with Gasteiger partial charge in [-0.1, -0.05) is 35.9 Å². The first-order valence-corrected chi connectivity index (χ1v) is 11.2. The highest BCUT2D eigenvalue weighted by Gasteiger charge is 2.12. The van der Waals surface area contributed by atoms with Gasteiger partial charge in [0.2, 0.25) is 0 Å². The van der Waals surface area contributed by atoms with Gasteiger partial charge in [-0.25, -0.2) is 4.98 Å². The Morgan fingerprint density at radius 2 is 1.82 bits per heavy atom. The molecule has 4 rings (SSSR count). The largest absolute Gasteiger partial charge is 0.497 e. The first-order chi connectivity index (χ1) is 16.1. The van der Waals surface area contributed by atoms with Crippen molar-refractivity contribution in [2.45, 2.75) is 26.3 Å². The molecule has 0 bridgehead atoms. The highest BCUT2D eigenvalue weighted by Crippen LogP contribution is 2.18. The summed E-state index contributed by atoms with van der Waals surface area (Å²) >= 11 is 0. The van der Waals surface area contributed by atoms with Crippen molar-refractivity contribution in [1.29, 1.82) is 0 Å². The van der Waals surface area contributed by atoms with Gasteiger partial charge < -0.3 is 19.4 Å². The number of para-hydroxylation sites is 2. The predicted octanol–water partition coefficient (Wildman–Crippen LogP) is 4.79. The minimum absolute atomic E-state index is 0.122. The first-order valence-electron chi connectivity index (χ1n) is 11.2. The van der Waals surface area contributed by atoms with Crippen LogP contribution in [0.1, 0.15) is 28.2 Å². The molecule has 1 N–H and O–H groups in total. The fourth-order valence-corrected chi connectivity index (χ4v) is 3.77. The van der Waals surface area contributed by atoms with Crippen molar-refractivity contribution < 1.29 is 14.3 Å². The lowest BCUT2D eigenvalue weighted by atomic mass is 10.2. The van der Waals surface area contributed by atoms with Crippen LogP contribution in [0.3, 0.4) is 0 Å². The highest BCUT2D eigenvalue weighted by atomic mass is 16.5. The molecular weight excluding hydrogens is 414 g/mol.